The van der Waals surface area contributed by atoms with E-state index in [1.54, 1.807) is 0 Å². The number of nitrogens with zero attached hydrogens (tertiary/aromatic N) is 1. The molecule has 1 rings (SSSR count). The molecule has 0 saturated heterocycles. The van der Waals surface area contributed by atoms with Gasteiger partial charge in [0.05, 0.1) is 6.04 Å². The molecule has 3 nitrogen and oxygen atoms in total. The number of halogens is 1. The molecule has 118 valence electrons. The minimum absolute atomic E-state index is 0.121. The van der Waals surface area contributed by atoms with Crippen molar-refractivity contribution in [3.8, 4) is 0 Å². The van der Waals surface area contributed by atoms with Gasteiger partial charge >= 0.3 is 0 Å². The Labute approximate surface area is 133 Å². The second kappa shape index (κ2) is 9.06. The predicted octanol–water partition coefficient (Wildman–Crippen LogP) is 3.89. The summed E-state index contributed by atoms with van der Waals surface area (Å²) in [6, 6.07) is 8.08. The highest BCUT2D eigenvalue weighted by Gasteiger charge is 2.19. The van der Waals surface area contributed by atoms with Gasteiger partial charge in [0, 0.05) is 18.0 Å². The third kappa shape index (κ3) is 6.06. The molecular formula is C17H27ClN2O. The first-order valence-corrected chi connectivity index (χ1v) is 8.11. The van der Waals surface area contributed by atoms with Crippen molar-refractivity contribution in [2.45, 2.75) is 40.2 Å². The van der Waals surface area contributed by atoms with Gasteiger partial charge in [-0.3, -0.25) is 9.69 Å². The number of hydrogen-bond donors (Lipinski definition) is 1. The summed E-state index contributed by atoms with van der Waals surface area (Å²) >= 11 is 5.97. The first-order chi connectivity index (χ1) is 9.97. The van der Waals surface area contributed by atoms with E-state index in [2.05, 4.69) is 37.9 Å². The van der Waals surface area contributed by atoms with Crippen LogP contribution in [-0.4, -0.2) is 30.4 Å². The molecule has 0 saturated carbocycles. The van der Waals surface area contributed by atoms with Gasteiger partial charge in [0.2, 0.25) is 5.91 Å². The largest absolute Gasteiger partial charge is 0.354 e. The molecule has 0 aromatic heterocycles. The van der Waals surface area contributed by atoms with E-state index >= 15 is 0 Å². The maximum Gasteiger partial charge on any atom is 0.220 e. The fourth-order valence-electron chi connectivity index (χ4n) is 2.46. The van der Waals surface area contributed by atoms with Crippen LogP contribution in [-0.2, 0) is 4.79 Å². The molecule has 0 aliphatic rings. The smallest absolute Gasteiger partial charge is 0.220 e. The Bertz CT molecular complexity index is 427. The molecule has 1 unspecified atom stereocenters. The molecule has 21 heavy (non-hydrogen) atoms. The van der Waals surface area contributed by atoms with Crippen molar-refractivity contribution < 1.29 is 4.79 Å². The van der Waals surface area contributed by atoms with Gasteiger partial charge in [-0.2, -0.15) is 0 Å². The molecule has 1 aromatic carbocycles. The molecule has 0 aliphatic heterocycles. The van der Waals surface area contributed by atoms with Gasteiger partial charge < -0.3 is 5.32 Å². The number of nitrogens with one attached hydrogen (secondary N) is 1. The summed E-state index contributed by atoms with van der Waals surface area (Å²) in [7, 11) is 0. The average molecular weight is 311 g/mol. The number of amides is 1. The van der Waals surface area contributed by atoms with Crippen molar-refractivity contribution in [3.05, 3.63) is 34.9 Å². The lowest BCUT2D eigenvalue weighted by Crippen LogP contribution is -2.38. The lowest BCUT2D eigenvalue weighted by molar-refractivity contribution is -0.122. The number of likely N-dealkylation sites (N-methyl/N-ethyl adjacent to an activating group) is 1. The lowest BCUT2D eigenvalue weighted by atomic mass is 10.0. The van der Waals surface area contributed by atoms with Crippen LogP contribution in [0.1, 0.15) is 45.7 Å². The fraction of sp³-hybridized carbons (Fsp3) is 0.588. The topological polar surface area (TPSA) is 32.3 Å². The summed E-state index contributed by atoms with van der Waals surface area (Å²) in [5.74, 6) is 0.503. The van der Waals surface area contributed by atoms with Crippen molar-refractivity contribution in [2.75, 3.05) is 19.6 Å². The first kappa shape index (κ1) is 18.0. The third-order valence-corrected chi connectivity index (χ3v) is 3.85. The fourth-order valence-corrected chi connectivity index (χ4v) is 2.59. The molecule has 1 aromatic rings. The van der Waals surface area contributed by atoms with Crippen LogP contribution in [0.2, 0.25) is 5.02 Å². The van der Waals surface area contributed by atoms with E-state index in [1.165, 1.54) is 5.56 Å². The van der Waals surface area contributed by atoms with Gasteiger partial charge in [-0.15, -0.1) is 0 Å². The summed E-state index contributed by atoms with van der Waals surface area (Å²) in [6.45, 7) is 10.9. The van der Waals surface area contributed by atoms with Crippen LogP contribution < -0.4 is 5.32 Å². The number of hydrogen-bond acceptors (Lipinski definition) is 2. The number of carbonyl (C=O) groups is 1. The van der Waals surface area contributed by atoms with E-state index in [9.17, 15) is 4.79 Å². The van der Waals surface area contributed by atoms with Gasteiger partial charge in [0.1, 0.15) is 0 Å². The minimum atomic E-state index is 0.121. The standard InChI is InChI=1S/C17H27ClN2O/c1-5-20(6-2)16(12-19-17(21)11-13(3)4)14-7-9-15(18)10-8-14/h7-10,13,16H,5-6,11-12H2,1-4H3,(H,19,21). The normalized spacial score (nSPS) is 12.7. The Hall–Kier alpha value is -1.06. The number of benzene rings is 1. The first-order valence-electron chi connectivity index (χ1n) is 7.74. The summed E-state index contributed by atoms with van der Waals surface area (Å²) in [5.41, 5.74) is 1.19. The average Bonchev–Trinajstić information content (AvgIpc) is 2.44. The van der Waals surface area contributed by atoms with Gasteiger partial charge in [-0.1, -0.05) is 51.4 Å². The Balaban J connectivity index is 2.78. The van der Waals surface area contributed by atoms with Crippen molar-refractivity contribution in [1.29, 1.82) is 0 Å². The van der Waals surface area contributed by atoms with Crippen LogP contribution in [0.25, 0.3) is 0 Å². The Morgan fingerprint density at radius 3 is 2.24 bits per heavy atom. The molecule has 0 heterocycles. The van der Waals surface area contributed by atoms with Gasteiger partial charge in [-0.25, -0.2) is 0 Å². The highest BCUT2D eigenvalue weighted by atomic mass is 35.5. The molecule has 0 fully saturated rings. The maximum absolute atomic E-state index is 11.9. The summed E-state index contributed by atoms with van der Waals surface area (Å²) < 4.78 is 0. The molecule has 0 radical (unpaired) electrons. The van der Waals surface area contributed by atoms with E-state index in [1.807, 2.05) is 24.3 Å². The Morgan fingerprint density at radius 2 is 1.76 bits per heavy atom. The van der Waals surface area contributed by atoms with Gasteiger partial charge in [0.25, 0.3) is 0 Å². The number of rotatable bonds is 8. The molecule has 1 N–H and O–H groups in total. The predicted molar refractivity (Wildman–Crippen MR) is 89.6 cm³/mol. The zero-order valence-electron chi connectivity index (χ0n) is 13.5. The van der Waals surface area contributed by atoms with Crippen LogP contribution in [0.3, 0.4) is 0 Å². The Morgan fingerprint density at radius 1 is 1.19 bits per heavy atom. The summed E-state index contributed by atoms with van der Waals surface area (Å²) in [6.07, 6.45) is 0.575. The molecular weight excluding hydrogens is 284 g/mol. The Kier molecular flexibility index (Phi) is 7.76. The third-order valence-electron chi connectivity index (χ3n) is 3.59. The zero-order chi connectivity index (χ0) is 15.8. The second-order valence-electron chi connectivity index (χ2n) is 5.69. The van der Waals surface area contributed by atoms with Crippen LogP contribution in [0, 0.1) is 5.92 Å². The van der Waals surface area contributed by atoms with Crippen LogP contribution in [0.15, 0.2) is 24.3 Å². The molecule has 1 amide bonds. The van der Waals surface area contributed by atoms with Crippen LogP contribution in [0.5, 0.6) is 0 Å². The molecule has 1 atom stereocenters. The monoisotopic (exact) mass is 310 g/mol. The maximum atomic E-state index is 11.9. The van der Waals surface area contributed by atoms with Crippen LogP contribution >= 0.6 is 11.6 Å². The lowest BCUT2D eigenvalue weighted by Gasteiger charge is -2.30. The SMILES string of the molecule is CCN(CC)C(CNC(=O)CC(C)C)c1ccc(Cl)cc1. The molecule has 4 heteroatoms. The quantitative estimate of drug-likeness (QED) is 0.790. The molecule has 0 spiro atoms. The highest BCUT2D eigenvalue weighted by Crippen LogP contribution is 2.21. The van der Waals surface area contributed by atoms with E-state index in [4.69, 9.17) is 11.6 Å². The van der Waals surface area contributed by atoms with E-state index in [0.717, 1.165) is 18.1 Å². The van der Waals surface area contributed by atoms with Gasteiger partial charge in [0.15, 0.2) is 0 Å². The summed E-state index contributed by atoms with van der Waals surface area (Å²) in [4.78, 5) is 14.2. The van der Waals surface area contributed by atoms with Crippen molar-refractivity contribution in [2.24, 2.45) is 5.92 Å². The molecule has 0 bridgehead atoms. The van der Waals surface area contributed by atoms with Gasteiger partial charge in [-0.05, 0) is 36.7 Å². The highest BCUT2D eigenvalue weighted by molar-refractivity contribution is 6.30. The van der Waals surface area contributed by atoms with Crippen molar-refractivity contribution in [3.63, 3.8) is 0 Å². The zero-order valence-corrected chi connectivity index (χ0v) is 14.3. The molecule has 0 aliphatic carbocycles. The minimum Gasteiger partial charge on any atom is -0.354 e. The van der Waals surface area contributed by atoms with Crippen molar-refractivity contribution >= 4 is 17.5 Å². The van der Waals surface area contributed by atoms with Crippen molar-refractivity contribution in [1.82, 2.24) is 10.2 Å². The van der Waals surface area contributed by atoms with E-state index in [0.29, 0.717) is 18.9 Å². The number of carbonyl (C=O) groups excluding carboxylic acids is 1. The van der Waals surface area contributed by atoms with E-state index in [-0.39, 0.29) is 11.9 Å². The second-order valence-corrected chi connectivity index (χ2v) is 6.13. The van der Waals surface area contributed by atoms with Crippen LogP contribution in [0.4, 0.5) is 0 Å². The van der Waals surface area contributed by atoms with E-state index < -0.39 is 0 Å². The summed E-state index contributed by atoms with van der Waals surface area (Å²) in [5, 5.41) is 3.80.